The Bertz CT molecular complexity index is 175. The van der Waals surface area contributed by atoms with Crippen LogP contribution in [0.5, 0.6) is 0 Å². The number of ether oxygens (including phenoxy) is 1. The Balaban J connectivity index is 1.93. The Hall–Kier alpha value is -0.340. The van der Waals surface area contributed by atoms with Crippen molar-refractivity contribution >= 4 is 0 Å². The van der Waals surface area contributed by atoms with E-state index in [0.29, 0.717) is 6.61 Å². The molecule has 1 fully saturated rings. The van der Waals surface area contributed by atoms with Crippen LogP contribution in [0, 0.1) is 5.92 Å². The van der Waals surface area contributed by atoms with E-state index in [0.717, 1.165) is 30.7 Å². The van der Waals surface area contributed by atoms with Crippen LogP contribution >= 0.6 is 0 Å². The topological polar surface area (TPSA) is 21.3 Å². The third-order valence-electron chi connectivity index (χ3n) is 2.63. The van der Waals surface area contributed by atoms with Gasteiger partial charge in [0.1, 0.15) is 0 Å². The molecule has 0 aromatic rings. The average molecular weight is 197 g/mol. The summed E-state index contributed by atoms with van der Waals surface area (Å²) in [6.45, 7) is 10.5. The van der Waals surface area contributed by atoms with Gasteiger partial charge < -0.3 is 10.1 Å². The highest BCUT2D eigenvalue weighted by atomic mass is 16.5. The highest BCUT2D eigenvalue weighted by molar-refractivity contribution is 4.87. The lowest BCUT2D eigenvalue weighted by Crippen LogP contribution is -2.33. The zero-order valence-electron chi connectivity index (χ0n) is 9.51. The summed E-state index contributed by atoms with van der Waals surface area (Å²) in [4.78, 5) is 0. The molecule has 82 valence electrons. The van der Waals surface area contributed by atoms with E-state index in [4.69, 9.17) is 4.74 Å². The van der Waals surface area contributed by atoms with Gasteiger partial charge in [-0.25, -0.2) is 0 Å². The van der Waals surface area contributed by atoms with Gasteiger partial charge in [-0.1, -0.05) is 19.1 Å². The van der Waals surface area contributed by atoms with E-state index in [1.807, 2.05) is 6.92 Å². The van der Waals surface area contributed by atoms with Crippen LogP contribution < -0.4 is 5.32 Å². The summed E-state index contributed by atoms with van der Waals surface area (Å²) in [5.41, 5.74) is 1.10. The molecule has 0 heterocycles. The molecule has 2 heteroatoms. The fourth-order valence-electron chi connectivity index (χ4n) is 1.71. The largest absolute Gasteiger partial charge is 0.376 e. The molecule has 1 rings (SSSR count). The smallest absolute Gasteiger partial charge is 0.0672 e. The maximum absolute atomic E-state index is 5.43. The van der Waals surface area contributed by atoms with Crippen LogP contribution in [0.4, 0.5) is 0 Å². The molecule has 1 atom stereocenters. The molecule has 14 heavy (non-hydrogen) atoms. The van der Waals surface area contributed by atoms with Crippen molar-refractivity contribution < 1.29 is 4.74 Å². The summed E-state index contributed by atoms with van der Waals surface area (Å²) in [6, 6.07) is 0.725. The summed E-state index contributed by atoms with van der Waals surface area (Å²) in [5, 5.41) is 3.55. The first kappa shape index (κ1) is 11.7. The van der Waals surface area contributed by atoms with Crippen molar-refractivity contribution in [3.63, 3.8) is 0 Å². The van der Waals surface area contributed by atoms with E-state index in [9.17, 15) is 0 Å². The van der Waals surface area contributed by atoms with Crippen LogP contribution in [-0.2, 0) is 4.74 Å². The van der Waals surface area contributed by atoms with Gasteiger partial charge in [0.15, 0.2) is 0 Å². The van der Waals surface area contributed by atoms with Gasteiger partial charge >= 0.3 is 0 Å². The predicted octanol–water partition coefficient (Wildman–Crippen LogP) is 2.36. The minimum absolute atomic E-state index is 0.696. The van der Waals surface area contributed by atoms with Crippen molar-refractivity contribution in [2.24, 2.45) is 5.92 Å². The maximum atomic E-state index is 5.43. The molecule has 2 nitrogen and oxygen atoms in total. The Kier molecular flexibility index (Phi) is 5.20. The van der Waals surface area contributed by atoms with Gasteiger partial charge in [-0.15, -0.1) is 0 Å². The summed E-state index contributed by atoms with van der Waals surface area (Å²) in [7, 11) is 0. The van der Waals surface area contributed by atoms with Gasteiger partial charge in [-0.3, -0.25) is 0 Å². The minimum atomic E-state index is 0.696. The lowest BCUT2D eigenvalue weighted by Gasteiger charge is -2.15. The fourth-order valence-corrected chi connectivity index (χ4v) is 1.71. The molecule has 1 N–H and O–H groups in total. The highest BCUT2D eigenvalue weighted by Crippen LogP contribution is 2.33. The van der Waals surface area contributed by atoms with Crippen molar-refractivity contribution in [2.45, 2.75) is 39.2 Å². The summed E-state index contributed by atoms with van der Waals surface area (Å²) >= 11 is 0. The van der Waals surface area contributed by atoms with Crippen LogP contribution in [-0.4, -0.2) is 25.8 Å². The highest BCUT2D eigenvalue weighted by Gasteiger charge is 2.29. The van der Waals surface area contributed by atoms with E-state index in [1.165, 1.54) is 19.3 Å². The molecule has 1 aliphatic rings. The number of rotatable bonds is 8. The number of hydrogen-bond donors (Lipinski definition) is 1. The second kappa shape index (κ2) is 6.20. The normalized spacial score (nSPS) is 18.1. The molecule has 1 aliphatic carbocycles. The van der Waals surface area contributed by atoms with Gasteiger partial charge in [0, 0.05) is 12.6 Å². The zero-order chi connectivity index (χ0) is 10.4. The summed E-state index contributed by atoms with van der Waals surface area (Å²) < 4.78 is 5.43. The minimum Gasteiger partial charge on any atom is -0.376 e. The van der Waals surface area contributed by atoms with Gasteiger partial charge in [-0.2, -0.15) is 0 Å². The van der Waals surface area contributed by atoms with Crippen LogP contribution in [0.1, 0.15) is 33.1 Å². The molecular weight excluding hydrogens is 174 g/mol. The van der Waals surface area contributed by atoms with Crippen LogP contribution in [0.2, 0.25) is 0 Å². The first-order valence-corrected chi connectivity index (χ1v) is 5.69. The summed E-state index contributed by atoms with van der Waals surface area (Å²) in [5.74, 6) is 0.946. The van der Waals surface area contributed by atoms with Gasteiger partial charge in [0.2, 0.25) is 0 Å². The van der Waals surface area contributed by atoms with E-state index in [2.05, 4.69) is 18.8 Å². The molecule has 0 spiro atoms. The zero-order valence-corrected chi connectivity index (χ0v) is 9.51. The van der Waals surface area contributed by atoms with Crippen molar-refractivity contribution in [1.29, 1.82) is 0 Å². The SMILES string of the molecule is C=C(C)COCCNC(CC)C1CC1. The molecule has 0 aliphatic heterocycles. The quantitative estimate of drug-likeness (QED) is 0.476. The molecule has 0 amide bonds. The second-order valence-corrected chi connectivity index (χ2v) is 4.32. The number of hydrogen-bond acceptors (Lipinski definition) is 2. The van der Waals surface area contributed by atoms with Gasteiger partial charge in [0.05, 0.1) is 13.2 Å². The molecule has 0 aromatic heterocycles. The van der Waals surface area contributed by atoms with E-state index < -0.39 is 0 Å². The van der Waals surface area contributed by atoms with Crippen LogP contribution in [0.15, 0.2) is 12.2 Å². The first-order chi connectivity index (χ1) is 6.74. The molecule has 0 bridgehead atoms. The van der Waals surface area contributed by atoms with Crippen molar-refractivity contribution in [1.82, 2.24) is 5.32 Å². The third kappa shape index (κ3) is 4.77. The molecular formula is C12H23NO. The van der Waals surface area contributed by atoms with Crippen molar-refractivity contribution in [3.8, 4) is 0 Å². The molecule has 0 aromatic carbocycles. The van der Waals surface area contributed by atoms with Gasteiger partial charge in [-0.05, 0) is 32.1 Å². The monoisotopic (exact) mass is 197 g/mol. The van der Waals surface area contributed by atoms with E-state index >= 15 is 0 Å². The predicted molar refractivity (Wildman–Crippen MR) is 60.4 cm³/mol. The van der Waals surface area contributed by atoms with Crippen molar-refractivity contribution in [2.75, 3.05) is 19.8 Å². The molecule has 0 saturated heterocycles. The lowest BCUT2D eigenvalue weighted by atomic mass is 10.1. The third-order valence-corrected chi connectivity index (χ3v) is 2.63. The van der Waals surface area contributed by atoms with E-state index in [-0.39, 0.29) is 0 Å². The second-order valence-electron chi connectivity index (χ2n) is 4.32. The maximum Gasteiger partial charge on any atom is 0.0672 e. The Morgan fingerprint density at radius 3 is 2.79 bits per heavy atom. The average Bonchev–Trinajstić information content (AvgIpc) is 2.94. The van der Waals surface area contributed by atoms with Crippen molar-refractivity contribution in [3.05, 3.63) is 12.2 Å². The standard InChI is InChI=1S/C12H23NO/c1-4-12(11-5-6-11)13-7-8-14-9-10(2)3/h11-13H,2,4-9H2,1,3H3. The van der Waals surface area contributed by atoms with Crippen LogP contribution in [0.25, 0.3) is 0 Å². The van der Waals surface area contributed by atoms with Crippen LogP contribution in [0.3, 0.4) is 0 Å². The summed E-state index contributed by atoms with van der Waals surface area (Å²) in [6.07, 6.45) is 4.07. The number of nitrogens with one attached hydrogen (secondary N) is 1. The Labute approximate surface area is 87.7 Å². The Morgan fingerprint density at radius 1 is 1.57 bits per heavy atom. The fraction of sp³-hybridized carbons (Fsp3) is 0.833. The van der Waals surface area contributed by atoms with Gasteiger partial charge in [0.25, 0.3) is 0 Å². The van der Waals surface area contributed by atoms with E-state index in [1.54, 1.807) is 0 Å². The molecule has 1 unspecified atom stereocenters. The Morgan fingerprint density at radius 2 is 2.29 bits per heavy atom. The lowest BCUT2D eigenvalue weighted by molar-refractivity contribution is 0.154. The molecule has 0 radical (unpaired) electrons. The first-order valence-electron chi connectivity index (χ1n) is 5.69. The molecule has 1 saturated carbocycles.